The molecule has 1 aliphatic heterocycles. The maximum Gasteiger partial charge on any atom is 0.125 e. The van der Waals surface area contributed by atoms with E-state index in [-0.39, 0.29) is 5.82 Å². The van der Waals surface area contributed by atoms with Crippen molar-refractivity contribution < 1.29 is 4.39 Å². The predicted molar refractivity (Wildman–Crippen MR) is 83.0 cm³/mol. The van der Waals surface area contributed by atoms with Gasteiger partial charge in [-0.3, -0.25) is 4.68 Å². The van der Waals surface area contributed by atoms with Crippen molar-refractivity contribution in [3.8, 4) is 0 Å². The van der Waals surface area contributed by atoms with Gasteiger partial charge in [0.25, 0.3) is 0 Å². The summed E-state index contributed by atoms with van der Waals surface area (Å²) in [4.78, 5) is 2.34. The van der Waals surface area contributed by atoms with Crippen LogP contribution < -0.4 is 10.2 Å². The number of rotatable bonds is 4. The van der Waals surface area contributed by atoms with Crippen LogP contribution in [0.25, 0.3) is 0 Å². The minimum absolute atomic E-state index is 0.205. The summed E-state index contributed by atoms with van der Waals surface area (Å²) in [5, 5.41) is 7.50. The Morgan fingerprint density at radius 3 is 2.71 bits per heavy atom. The lowest BCUT2D eigenvalue weighted by molar-refractivity contribution is 0.577. The van der Waals surface area contributed by atoms with Gasteiger partial charge in [-0.05, 0) is 43.5 Å². The van der Waals surface area contributed by atoms with Crippen LogP contribution in [-0.2, 0) is 13.6 Å². The van der Waals surface area contributed by atoms with E-state index in [4.69, 9.17) is 0 Å². The summed E-state index contributed by atoms with van der Waals surface area (Å²) < 4.78 is 15.4. The number of nitrogens with one attached hydrogen (secondary N) is 1. The number of hydrogen-bond acceptors (Lipinski definition) is 3. The summed E-state index contributed by atoms with van der Waals surface area (Å²) in [5.41, 5.74) is 3.03. The lowest BCUT2D eigenvalue weighted by Gasteiger charge is -2.30. The van der Waals surface area contributed by atoms with E-state index in [1.807, 2.05) is 23.9 Å². The number of piperidine rings is 1. The monoisotopic (exact) mass is 288 g/mol. The van der Waals surface area contributed by atoms with Crippen LogP contribution in [0.5, 0.6) is 0 Å². The maximum atomic E-state index is 13.6. The Labute approximate surface area is 124 Å². The number of aromatic nitrogens is 2. The molecule has 0 unspecified atom stereocenters. The molecule has 2 heterocycles. The zero-order valence-electron chi connectivity index (χ0n) is 12.3. The van der Waals surface area contributed by atoms with Crippen LogP contribution >= 0.6 is 0 Å². The van der Waals surface area contributed by atoms with Gasteiger partial charge in [0, 0.05) is 26.3 Å². The molecule has 1 aliphatic rings. The lowest BCUT2D eigenvalue weighted by Crippen LogP contribution is -2.30. The van der Waals surface area contributed by atoms with Crippen LogP contribution in [0.4, 0.5) is 15.8 Å². The Morgan fingerprint density at radius 1 is 1.19 bits per heavy atom. The average Bonchev–Trinajstić information content (AvgIpc) is 2.91. The van der Waals surface area contributed by atoms with Crippen molar-refractivity contribution in [3.63, 3.8) is 0 Å². The predicted octanol–water partition coefficient (Wildman–Crippen LogP) is 3.16. The number of hydrogen-bond donors (Lipinski definition) is 1. The van der Waals surface area contributed by atoms with Gasteiger partial charge in [0.2, 0.25) is 0 Å². The molecular formula is C16H21FN4. The fraction of sp³-hybridized carbons (Fsp3) is 0.438. The van der Waals surface area contributed by atoms with Crippen molar-refractivity contribution in [2.24, 2.45) is 7.05 Å². The Bertz CT molecular complexity index is 602. The van der Waals surface area contributed by atoms with Gasteiger partial charge in [0.15, 0.2) is 0 Å². The van der Waals surface area contributed by atoms with Crippen LogP contribution in [0, 0.1) is 5.82 Å². The van der Waals surface area contributed by atoms with E-state index in [0.29, 0.717) is 6.54 Å². The maximum absolute atomic E-state index is 13.6. The van der Waals surface area contributed by atoms with Gasteiger partial charge in [-0.1, -0.05) is 0 Å². The molecule has 1 fully saturated rings. The second-order valence-electron chi connectivity index (χ2n) is 5.51. The van der Waals surface area contributed by atoms with E-state index < -0.39 is 0 Å². The van der Waals surface area contributed by atoms with E-state index in [2.05, 4.69) is 15.3 Å². The topological polar surface area (TPSA) is 33.1 Å². The Kier molecular flexibility index (Phi) is 4.08. The highest BCUT2D eigenvalue weighted by atomic mass is 19.1. The highest BCUT2D eigenvalue weighted by Crippen LogP contribution is 2.29. The first-order valence-corrected chi connectivity index (χ1v) is 7.49. The second kappa shape index (κ2) is 6.16. The molecule has 0 bridgehead atoms. The van der Waals surface area contributed by atoms with Gasteiger partial charge < -0.3 is 10.2 Å². The van der Waals surface area contributed by atoms with E-state index in [1.165, 1.54) is 19.3 Å². The molecule has 0 amide bonds. The highest BCUT2D eigenvalue weighted by Gasteiger charge is 2.15. The minimum Gasteiger partial charge on any atom is -0.378 e. The summed E-state index contributed by atoms with van der Waals surface area (Å²) in [6.07, 6.45) is 5.47. The van der Waals surface area contributed by atoms with Crippen LogP contribution in [0.3, 0.4) is 0 Å². The van der Waals surface area contributed by atoms with Crippen molar-refractivity contribution in [2.45, 2.75) is 25.8 Å². The molecule has 1 N–H and O–H groups in total. The first-order chi connectivity index (χ1) is 10.2. The summed E-state index contributed by atoms with van der Waals surface area (Å²) in [7, 11) is 1.91. The molecule has 21 heavy (non-hydrogen) atoms. The summed E-state index contributed by atoms with van der Waals surface area (Å²) in [6.45, 7) is 2.73. The third-order valence-corrected chi connectivity index (χ3v) is 4.04. The molecule has 0 atom stereocenters. The molecule has 0 radical (unpaired) electrons. The number of halogens is 1. The standard InChI is InChI=1S/C16H21FN4/c1-20-14(7-8-19-20)12-18-15-11-13(17)5-6-16(15)21-9-3-2-4-10-21/h5-8,11,18H,2-4,9-10,12H2,1H3. The Morgan fingerprint density at radius 2 is 2.00 bits per heavy atom. The van der Waals surface area contributed by atoms with Crippen molar-refractivity contribution in [3.05, 3.63) is 42.0 Å². The van der Waals surface area contributed by atoms with Crippen LogP contribution in [-0.4, -0.2) is 22.9 Å². The molecule has 0 aliphatic carbocycles. The molecule has 4 nitrogen and oxygen atoms in total. The summed E-state index contributed by atoms with van der Waals surface area (Å²) in [6, 6.07) is 6.97. The smallest absolute Gasteiger partial charge is 0.125 e. The molecule has 5 heteroatoms. The summed E-state index contributed by atoms with van der Waals surface area (Å²) >= 11 is 0. The van der Waals surface area contributed by atoms with E-state index in [9.17, 15) is 4.39 Å². The molecule has 0 saturated carbocycles. The fourth-order valence-corrected chi connectivity index (χ4v) is 2.82. The second-order valence-corrected chi connectivity index (χ2v) is 5.51. The third kappa shape index (κ3) is 3.17. The molecule has 1 aromatic heterocycles. The fourth-order valence-electron chi connectivity index (χ4n) is 2.82. The van der Waals surface area contributed by atoms with E-state index in [0.717, 1.165) is 30.2 Å². The largest absolute Gasteiger partial charge is 0.378 e. The quantitative estimate of drug-likeness (QED) is 0.938. The molecule has 1 aromatic carbocycles. The van der Waals surface area contributed by atoms with Crippen molar-refractivity contribution in [2.75, 3.05) is 23.3 Å². The number of benzene rings is 1. The molecule has 112 valence electrons. The van der Waals surface area contributed by atoms with Gasteiger partial charge in [-0.15, -0.1) is 0 Å². The first-order valence-electron chi connectivity index (χ1n) is 7.49. The van der Waals surface area contributed by atoms with E-state index in [1.54, 1.807) is 18.3 Å². The van der Waals surface area contributed by atoms with Gasteiger partial charge in [-0.2, -0.15) is 5.10 Å². The van der Waals surface area contributed by atoms with Crippen LogP contribution in [0.15, 0.2) is 30.5 Å². The van der Waals surface area contributed by atoms with Crippen molar-refractivity contribution >= 4 is 11.4 Å². The van der Waals surface area contributed by atoms with Crippen molar-refractivity contribution in [1.82, 2.24) is 9.78 Å². The van der Waals surface area contributed by atoms with Gasteiger partial charge in [-0.25, -0.2) is 4.39 Å². The molecule has 3 rings (SSSR count). The summed E-state index contributed by atoms with van der Waals surface area (Å²) in [5.74, 6) is -0.205. The van der Waals surface area contributed by atoms with Gasteiger partial charge >= 0.3 is 0 Å². The SMILES string of the molecule is Cn1nccc1CNc1cc(F)ccc1N1CCCCC1. The van der Waals surface area contributed by atoms with Crippen LogP contribution in [0.1, 0.15) is 25.0 Å². The van der Waals surface area contributed by atoms with Crippen LogP contribution in [0.2, 0.25) is 0 Å². The molecule has 1 saturated heterocycles. The number of nitrogens with zero attached hydrogens (tertiary/aromatic N) is 3. The first kappa shape index (κ1) is 13.9. The Hall–Kier alpha value is -2.04. The minimum atomic E-state index is -0.205. The third-order valence-electron chi connectivity index (χ3n) is 4.04. The highest BCUT2D eigenvalue weighted by molar-refractivity contribution is 5.70. The van der Waals surface area contributed by atoms with Crippen molar-refractivity contribution in [1.29, 1.82) is 0 Å². The zero-order valence-corrected chi connectivity index (χ0v) is 12.3. The molecular weight excluding hydrogens is 267 g/mol. The number of anilines is 2. The van der Waals surface area contributed by atoms with Gasteiger partial charge in [0.05, 0.1) is 23.6 Å². The number of aryl methyl sites for hydroxylation is 1. The molecule has 0 spiro atoms. The average molecular weight is 288 g/mol. The molecule has 2 aromatic rings. The van der Waals surface area contributed by atoms with Gasteiger partial charge in [0.1, 0.15) is 5.82 Å². The lowest BCUT2D eigenvalue weighted by atomic mass is 10.1. The normalized spacial score (nSPS) is 15.2. The van der Waals surface area contributed by atoms with E-state index >= 15 is 0 Å². The Balaban J connectivity index is 1.79. The zero-order chi connectivity index (χ0) is 14.7.